The highest BCUT2D eigenvalue weighted by Gasteiger charge is 2.14. The van der Waals surface area contributed by atoms with Gasteiger partial charge in [-0.15, -0.1) is 0 Å². The molecule has 5 heteroatoms. The Labute approximate surface area is 148 Å². The third-order valence-electron chi connectivity index (χ3n) is 4.44. The van der Waals surface area contributed by atoms with E-state index >= 15 is 0 Å². The highest BCUT2D eigenvalue weighted by atomic mass is 16.1. The lowest BCUT2D eigenvalue weighted by atomic mass is 10.0. The lowest BCUT2D eigenvalue weighted by Gasteiger charge is -2.10. The van der Waals surface area contributed by atoms with Crippen molar-refractivity contribution >= 4 is 22.1 Å². The number of H-pyrrole nitrogens is 2. The summed E-state index contributed by atoms with van der Waals surface area (Å²) in [6.07, 6.45) is 1.77. The molecule has 4 aromatic heterocycles. The molecule has 0 radical (unpaired) electrons. The summed E-state index contributed by atoms with van der Waals surface area (Å²) in [5.41, 5.74) is 4.96. The standard InChI is InChI=1S/C21H14N4O/c26-18-9-8-15-11-16(17-12-14-7-4-10-22-20(14)23-17)19(25-21(15)24-18)13-5-2-1-3-6-13/h1-12H,(H,22,23)(H,24,25,26). The summed E-state index contributed by atoms with van der Waals surface area (Å²) in [5, 5.41) is 1.92. The highest BCUT2D eigenvalue weighted by Crippen LogP contribution is 2.33. The van der Waals surface area contributed by atoms with Crippen LogP contribution in [0.4, 0.5) is 0 Å². The van der Waals surface area contributed by atoms with Gasteiger partial charge in [-0.3, -0.25) is 4.79 Å². The van der Waals surface area contributed by atoms with Gasteiger partial charge in [0.1, 0.15) is 11.3 Å². The van der Waals surface area contributed by atoms with E-state index in [0.717, 1.165) is 38.9 Å². The number of rotatable bonds is 2. The number of hydrogen-bond donors (Lipinski definition) is 2. The van der Waals surface area contributed by atoms with Crippen LogP contribution in [0.15, 0.2) is 77.7 Å². The van der Waals surface area contributed by atoms with Crippen LogP contribution in [0, 0.1) is 0 Å². The summed E-state index contributed by atoms with van der Waals surface area (Å²) >= 11 is 0. The van der Waals surface area contributed by atoms with Gasteiger partial charge in [0.15, 0.2) is 0 Å². The van der Waals surface area contributed by atoms with Crippen LogP contribution in [0.5, 0.6) is 0 Å². The third kappa shape index (κ3) is 2.38. The Morgan fingerprint density at radius 1 is 0.769 bits per heavy atom. The first kappa shape index (κ1) is 14.6. The number of aromatic amines is 2. The fourth-order valence-electron chi connectivity index (χ4n) is 3.20. The minimum atomic E-state index is -0.161. The van der Waals surface area contributed by atoms with Crippen LogP contribution in [0.2, 0.25) is 0 Å². The van der Waals surface area contributed by atoms with Crippen molar-refractivity contribution in [3.05, 3.63) is 83.3 Å². The lowest BCUT2D eigenvalue weighted by molar-refractivity contribution is 1.23. The van der Waals surface area contributed by atoms with E-state index in [0.29, 0.717) is 5.65 Å². The van der Waals surface area contributed by atoms with Crippen molar-refractivity contribution in [2.75, 3.05) is 0 Å². The van der Waals surface area contributed by atoms with Crippen molar-refractivity contribution in [3.8, 4) is 22.5 Å². The number of nitrogens with zero attached hydrogens (tertiary/aromatic N) is 2. The smallest absolute Gasteiger partial charge is 0.249 e. The maximum Gasteiger partial charge on any atom is 0.249 e. The number of hydrogen-bond acceptors (Lipinski definition) is 3. The average molecular weight is 338 g/mol. The zero-order valence-electron chi connectivity index (χ0n) is 13.7. The van der Waals surface area contributed by atoms with Gasteiger partial charge in [0.2, 0.25) is 5.56 Å². The van der Waals surface area contributed by atoms with Crippen LogP contribution in [0.25, 0.3) is 44.6 Å². The van der Waals surface area contributed by atoms with Crippen LogP contribution in [-0.2, 0) is 0 Å². The van der Waals surface area contributed by atoms with E-state index in [-0.39, 0.29) is 5.56 Å². The number of benzene rings is 1. The second kappa shape index (κ2) is 5.67. The molecular weight excluding hydrogens is 324 g/mol. The molecule has 0 amide bonds. The second-order valence-electron chi connectivity index (χ2n) is 6.14. The van der Waals surface area contributed by atoms with Crippen LogP contribution in [0.3, 0.4) is 0 Å². The zero-order chi connectivity index (χ0) is 17.5. The van der Waals surface area contributed by atoms with E-state index in [9.17, 15) is 4.79 Å². The molecule has 2 N–H and O–H groups in total. The summed E-state index contributed by atoms with van der Waals surface area (Å²) in [6, 6.07) is 21.3. The van der Waals surface area contributed by atoms with E-state index in [1.54, 1.807) is 12.3 Å². The Morgan fingerprint density at radius 3 is 2.46 bits per heavy atom. The van der Waals surface area contributed by atoms with Crippen LogP contribution >= 0.6 is 0 Å². The van der Waals surface area contributed by atoms with Crippen LogP contribution < -0.4 is 5.56 Å². The molecule has 26 heavy (non-hydrogen) atoms. The fourth-order valence-corrected chi connectivity index (χ4v) is 3.20. The zero-order valence-corrected chi connectivity index (χ0v) is 13.7. The van der Waals surface area contributed by atoms with Gasteiger partial charge in [-0.2, -0.15) is 0 Å². The molecule has 4 heterocycles. The van der Waals surface area contributed by atoms with Gasteiger partial charge in [-0.25, -0.2) is 9.97 Å². The number of nitrogens with one attached hydrogen (secondary N) is 2. The van der Waals surface area contributed by atoms with Crippen molar-refractivity contribution < 1.29 is 0 Å². The molecule has 5 rings (SSSR count). The third-order valence-corrected chi connectivity index (χ3v) is 4.44. The molecule has 0 atom stereocenters. The predicted molar refractivity (Wildman–Crippen MR) is 103 cm³/mol. The summed E-state index contributed by atoms with van der Waals surface area (Å²) in [6.45, 7) is 0. The van der Waals surface area contributed by atoms with Gasteiger partial charge >= 0.3 is 0 Å². The molecule has 0 unspecified atom stereocenters. The van der Waals surface area contributed by atoms with E-state index in [1.807, 2.05) is 48.5 Å². The SMILES string of the molecule is O=c1ccc2cc(-c3cc4cccnc4[nH]3)c(-c3ccccc3)nc2[nH]1. The maximum atomic E-state index is 11.7. The summed E-state index contributed by atoms with van der Waals surface area (Å²) < 4.78 is 0. The van der Waals surface area contributed by atoms with Crippen molar-refractivity contribution in [3.63, 3.8) is 0 Å². The van der Waals surface area contributed by atoms with Gasteiger partial charge in [0, 0.05) is 39.9 Å². The van der Waals surface area contributed by atoms with Crippen molar-refractivity contribution in [1.29, 1.82) is 0 Å². The van der Waals surface area contributed by atoms with Crippen LogP contribution in [-0.4, -0.2) is 19.9 Å². The Kier molecular flexibility index (Phi) is 3.18. The molecule has 0 spiro atoms. The van der Waals surface area contributed by atoms with Crippen molar-refractivity contribution in [2.45, 2.75) is 0 Å². The minimum Gasteiger partial charge on any atom is -0.339 e. The first-order chi connectivity index (χ1) is 12.8. The predicted octanol–water partition coefficient (Wildman–Crippen LogP) is 4.13. The second-order valence-corrected chi connectivity index (χ2v) is 6.14. The Balaban J connectivity index is 1.84. The normalized spacial score (nSPS) is 11.2. The summed E-state index contributed by atoms with van der Waals surface area (Å²) in [4.78, 5) is 27.0. The van der Waals surface area contributed by atoms with Gasteiger partial charge in [0.25, 0.3) is 0 Å². The van der Waals surface area contributed by atoms with Gasteiger partial charge in [-0.1, -0.05) is 30.3 Å². The Morgan fingerprint density at radius 2 is 1.62 bits per heavy atom. The largest absolute Gasteiger partial charge is 0.339 e. The molecule has 0 aliphatic carbocycles. The van der Waals surface area contributed by atoms with E-state index in [4.69, 9.17) is 4.98 Å². The van der Waals surface area contributed by atoms with Gasteiger partial charge in [-0.05, 0) is 30.3 Å². The first-order valence-electron chi connectivity index (χ1n) is 8.31. The molecule has 0 saturated heterocycles. The highest BCUT2D eigenvalue weighted by molar-refractivity contribution is 5.92. The van der Waals surface area contributed by atoms with Gasteiger partial charge < -0.3 is 9.97 Å². The molecule has 5 aromatic rings. The molecule has 1 aromatic carbocycles. The van der Waals surface area contributed by atoms with Crippen molar-refractivity contribution in [2.24, 2.45) is 0 Å². The van der Waals surface area contributed by atoms with E-state index in [1.165, 1.54) is 6.07 Å². The number of fused-ring (bicyclic) bond motifs is 2. The van der Waals surface area contributed by atoms with E-state index < -0.39 is 0 Å². The van der Waals surface area contributed by atoms with Crippen molar-refractivity contribution in [1.82, 2.24) is 19.9 Å². The molecule has 0 bridgehead atoms. The molecule has 124 valence electrons. The van der Waals surface area contributed by atoms with Gasteiger partial charge in [0.05, 0.1) is 5.69 Å². The molecular formula is C21H14N4O. The number of aromatic nitrogens is 4. The topological polar surface area (TPSA) is 74.4 Å². The Hall–Kier alpha value is -3.73. The summed E-state index contributed by atoms with van der Waals surface area (Å²) in [7, 11) is 0. The molecule has 5 nitrogen and oxygen atoms in total. The monoisotopic (exact) mass is 338 g/mol. The Bertz CT molecular complexity index is 1270. The minimum absolute atomic E-state index is 0.161. The molecule has 0 saturated carbocycles. The van der Waals surface area contributed by atoms with Crippen LogP contribution in [0.1, 0.15) is 0 Å². The molecule has 0 aliphatic rings. The fraction of sp³-hybridized carbons (Fsp3) is 0. The van der Waals surface area contributed by atoms with E-state index in [2.05, 4.69) is 21.0 Å². The maximum absolute atomic E-state index is 11.7. The first-order valence-corrected chi connectivity index (χ1v) is 8.31. The quantitative estimate of drug-likeness (QED) is 0.508. The lowest BCUT2D eigenvalue weighted by Crippen LogP contribution is -2.04. The summed E-state index contributed by atoms with van der Waals surface area (Å²) in [5.74, 6) is 0. The molecule has 0 aliphatic heterocycles. The number of pyridine rings is 3. The average Bonchev–Trinajstić information content (AvgIpc) is 3.11. The molecule has 0 fully saturated rings.